The van der Waals surface area contributed by atoms with Crippen molar-refractivity contribution in [3.63, 3.8) is 0 Å². The lowest BCUT2D eigenvalue weighted by molar-refractivity contribution is 0.102. The van der Waals surface area contributed by atoms with E-state index in [1.165, 1.54) is 0 Å². The molecule has 1 N–H and O–H groups in total. The molecule has 0 bridgehead atoms. The van der Waals surface area contributed by atoms with Gasteiger partial charge in [0.2, 0.25) is 5.88 Å². The number of aryl methyl sites for hydroxylation is 1. The SMILES string of the molecule is Cc1ccccc1Oc1ccc(NC(=O)c2cccc(Oc3ccccn3)c2)cc1. The number of hydrogen-bond acceptors (Lipinski definition) is 4. The summed E-state index contributed by atoms with van der Waals surface area (Å²) in [7, 11) is 0. The molecule has 0 unspecified atom stereocenters. The topological polar surface area (TPSA) is 60.5 Å². The number of benzene rings is 3. The molecule has 4 rings (SSSR count). The number of rotatable bonds is 6. The molecule has 1 amide bonds. The number of para-hydroxylation sites is 1. The molecule has 0 saturated heterocycles. The molecule has 0 radical (unpaired) electrons. The number of pyridine rings is 1. The third-order valence-corrected chi connectivity index (χ3v) is 4.39. The number of hydrogen-bond donors (Lipinski definition) is 1. The smallest absolute Gasteiger partial charge is 0.255 e. The zero-order valence-electron chi connectivity index (χ0n) is 16.4. The van der Waals surface area contributed by atoms with Crippen molar-refractivity contribution in [3.8, 4) is 23.1 Å². The van der Waals surface area contributed by atoms with Crippen LogP contribution in [-0.2, 0) is 0 Å². The molecule has 5 heteroatoms. The lowest BCUT2D eigenvalue weighted by Gasteiger charge is -2.10. The fourth-order valence-corrected chi connectivity index (χ4v) is 2.84. The third kappa shape index (κ3) is 4.83. The van der Waals surface area contributed by atoms with Crippen LogP contribution in [0.3, 0.4) is 0 Å². The molecule has 148 valence electrons. The summed E-state index contributed by atoms with van der Waals surface area (Å²) < 4.78 is 11.6. The van der Waals surface area contributed by atoms with E-state index in [2.05, 4.69) is 10.3 Å². The molecule has 0 fully saturated rings. The van der Waals surface area contributed by atoms with E-state index in [-0.39, 0.29) is 5.91 Å². The molecule has 4 aromatic rings. The molecule has 0 aliphatic carbocycles. The standard InChI is InChI=1S/C25H20N2O3/c1-18-7-2-3-10-23(18)29-21-14-12-20(13-15-21)27-25(28)19-8-6-9-22(17-19)30-24-11-4-5-16-26-24/h2-17H,1H3,(H,27,28). The Labute approximate surface area is 174 Å². The van der Waals surface area contributed by atoms with Crippen molar-refractivity contribution >= 4 is 11.6 Å². The summed E-state index contributed by atoms with van der Waals surface area (Å²) in [6.07, 6.45) is 1.65. The number of ether oxygens (including phenoxy) is 2. The number of aromatic nitrogens is 1. The zero-order chi connectivity index (χ0) is 20.8. The first-order valence-electron chi connectivity index (χ1n) is 9.51. The van der Waals surface area contributed by atoms with Gasteiger partial charge < -0.3 is 14.8 Å². The molecule has 0 saturated carbocycles. The number of carbonyl (C=O) groups is 1. The van der Waals surface area contributed by atoms with E-state index >= 15 is 0 Å². The van der Waals surface area contributed by atoms with Gasteiger partial charge in [-0.25, -0.2) is 4.98 Å². The fourth-order valence-electron chi connectivity index (χ4n) is 2.84. The largest absolute Gasteiger partial charge is 0.457 e. The molecule has 3 aromatic carbocycles. The maximum atomic E-state index is 12.6. The first kappa shape index (κ1) is 19.2. The second-order valence-corrected chi connectivity index (χ2v) is 6.64. The predicted octanol–water partition coefficient (Wildman–Crippen LogP) is 6.23. The van der Waals surface area contributed by atoms with Crippen LogP contribution >= 0.6 is 0 Å². The Morgan fingerprint density at radius 3 is 2.37 bits per heavy atom. The van der Waals surface area contributed by atoms with E-state index in [9.17, 15) is 4.79 Å². The van der Waals surface area contributed by atoms with Gasteiger partial charge in [-0.1, -0.05) is 30.3 Å². The van der Waals surface area contributed by atoms with Crippen molar-refractivity contribution in [2.75, 3.05) is 5.32 Å². The highest BCUT2D eigenvalue weighted by molar-refractivity contribution is 6.04. The van der Waals surface area contributed by atoms with Gasteiger partial charge in [0.15, 0.2) is 0 Å². The van der Waals surface area contributed by atoms with Crippen LogP contribution in [0.1, 0.15) is 15.9 Å². The minimum atomic E-state index is -0.228. The lowest BCUT2D eigenvalue weighted by atomic mass is 10.2. The molecule has 30 heavy (non-hydrogen) atoms. The number of nitrogens with zero attached hydrogens (tertiary/aromatic N) is 1. The molecule has 1 aromatic heterocycles. The molecule has 5 nitrogen and oxygen atoms in total. The first-order valence-corrected chi connectivity index (χ1v) is 9.51. The van der Waals surface area contributed by atoms with Crippen molar-refractivity contribution in [2.45, 2.75) is 6.92 Å². The van der Waals surface area contributed by atoms with Crippen LogP contribution in [0.4, 0.5) is 5.69 Å². The van der Waals surface area contributed by atoms with Crippen LogP contribution in [-0.4, -0.2) is 10.9 Å². The Balaban J connectivity index is 1.41. The second-order valence-electron chi connectivity index (χ2n) is 6.64. The second kappa shape index (κ2) is 8.92. The summed E-state index contributed by atoms with van der Waals surface area (Å²) in [6, 6.07) is 27.4. The van der Waals surface area contributed by atoms with E-state index in [4.69, 9.17) is 9.47 Å². The molecular weight excluding hydrogens is 376 g/mol. The van der Waals surface area contributed by atoms with E-state index in [0.29, 0.717) is 28.6 Å². The highest BCUT2D eigenvalue weighted by Gasteiger charge is 2.09. The Kier molecular flexibility index (Phi) is 5.71. The van der Waals surface area contributed by atoms with Crippen LogP contribution in [0.25, 0.3) is 0 Å². The van der Waals surface area contributed by atoms with Gasteiger partial charge in [-0.3, -0.25) is 4.79 Å². The number of anilines is 1. The first-order chi connectivity index (χ1) is 14.7. The van der Waals surface area contributed by atoms with Crippen molar-refractivity contribution < 1.29 is 14.3 Å². The minimum absolute atomic E-state index is 0.228. The summed E-state index contributed by atoms with van der Waals surface area (Å²) in [5.74, 6) is 2.30. The lowest BCUT2D eigenvalue weighted by Crippen LogP contribution is -2.11. The summed E-state index contributed by atoms with van der Waals surface area (Å²) in [5, 5.41) is 2.89. The van der Waals surface area contributed by atoms with Crippen LogP contribution in [0.2, 0.25) is 0 Å². The van der Waals surface area contributed by atoms with E-state index < -0.39 is 0 Å². The van der Waals surface area contributed by atoms with E-state index in [0.717, 1.165) is 11.3 Å². The molecular formula is C25H20N2O3. The van der Waals surface area contributed by atoms with Gasteiger partial charge in [0.25, 0.3) is 5.91 Å². The molecule has 0 aliphatic heterocycles. The molecule has 1 heterocycles. The minimum Gasteiger partial charge on any atom is -0.457 e. The fraction of sp³-hybridized carbons (Fsp3) is 0.0400. The van der Waals surface area contributed by atoms with Gasteiger partial charge >= 0.3 is 0 Å². The van der Waals surface area contributed by atoms with Gasteiger partial charge in [0.05, 0.1) is 0 Å². The number of carbonyl (C=O) groups excluding carboxylic acids is 1. The summed E-state index contributed by atoms with van der Waals surface area (Å²) in [5.41, 5.74) is 2.22. The Morgan fingerprint density at radius 2 is 1.60 bits per heavy atom. The maximum absolute atomic E-state index is 12.6. The molecule has 0 aliphatic rings. The predicted molar refractivity (Wildman–Crippen MR) is 116 cm³/mol. The average Bonchev–Trinajstić information content (AvgIpc) is 2.77. The van der Waals surface area contributed by atoms with Gasteiger partial charge in [-0.15, -0.1) is 0 Å². The number of amides is 1. The third-order valence-electron chi connectivity index (χ3n) is 4.39. The van der Waals surface area contributed by atoms with Crippen molar-refractivity contribution in [1.82, 2.24) is 4.98 Å². The quantitative estimate of drug-likeness (QED) is 0.420. The highest BCUT2D eigenvalue weighted by atomic mass is 16.5. The highest BCUT2D eigenvalue weighted by Crippen LogP contribution is 2.26. The zero-order valence-corrected chi connectivity index (χ0v) is 16.4. The Morgan fingerprint density at radius 1 is 0.800 bits per heavy atom. The van der Waals surface area contributed by atoms with Crippen LogP contribution in [0.5, 0.6) is 23.1 Å². The molecule has 0 spiro atoms. The summed E-state index contributed by atoms with van der Waals surface area (Å²) in [6.45, 7) is 2.00. The van der Waals surface area contributed by atoms with Gasteiger partial charge in [0.1, 0.15) is 17.2 Å². The maximum Gasteiger partial charge on any atom is 0.255 e. The van der Waals surface area contributed by atoms with Crippen molar-refractivity contribution in [1.29, 1.82) is 0 Å². The van der Waals surface area contributed by atoms with Gasteiger partial charge in [0, 0.05) is 23.5 Å². The molecule has 0 atom stereocenters. The van der Waals surface area contributed by atoms with Crippen LogP contribution in [0.15, 0.2) is 97.2 Å². The Bertz CT molecular complexity index is 1140. The van der Waals surface area contributed by atoms with Gasteiger partial charge in [-0.2, -0.15) is 0 Å². The van der Waals surface area contributed by atoms with Crippen molar-refractivity contribution in [3.05, 3.63) is 108 Å². The van der Waals surface area contributed by atoms with Gasteiger partial charge in [-0.05, 0) is 67.1 Å². The summed E-state index contributed by atoms with van der Waals surface area (Å²) in [4.78, 5) is 16.8. The van der Waals surface area contributed by atoms with Crippen LogP contribution < -0.4 is 14.8 Å². The average molecular weight is 396 g/mol. The Hall–Kier alpha value is -4.12. The van der Waals surface area contributed by atoms with E-state index in [1.54, 1.807) is 48.7 Å². The number of nitrogens with one attached hydrogen (secondary N) is 1. The normalized spacial score (nSPS) is 10.3. The summed E-state index contributed by atoms with van der Waals surface area (Å²) >= 11 is 0. The monoisotopic (exact) mass is 396 g/mol. The van der Waals surface area contributed by atoms with Crippen LogP contribution in [0, 0.1) is 6.92 Å². The van der Waals surface area contributed by atoms with Crippen molar-refractivity contribution in [2.24, 2.45) is 0 Å². The van der Waals surface area contributed by atoms with E-state index in [1.807, 2.05) is 55.5 Å².